The normalized spacial score (nSPS) is 17.5. The highest BCUT2D eigenvalue weighted by molar-refractivity contribution is 5.65. The molecule has 2 aliphatic heterocycles. The van der Waals surface area contributed by atoms with E-state index in [1.807, 2.05) is 0 Å². The Morgan fingerprint density at radius 3 is 2.76 bits per heavy atom. The van der Waals surface area contributed by atoms with Gasteiger partial charge in [-0.3, -0.25) is 9.88 Å². The maximum atomic E-state index is 11.5. The lowest BCUT2D eigenvalue weighted by atomic mass is 10.0. The van der Waals surface area contributed by atoms with Gasteiger partial charge in [0.15, 0.2) is 11.5 Å². The number of ether oxygens (including phenoxy) is 2. The van der Waals surface area contributed by atoms with Crippen molar-refractivity contribution < 1.29 is 19.4 Å². The third-order valence-electron chi connectivity index (χ3n) is 3.66. The van der Waals surface area contributed by atoms with Gasteiger partial charge in [0.05, 0.1) is 18.4 Å². The molecule has 1 amide bonds. The quantitative estimate of drug-likeness (QED) is 0.879. The summed E-state index contributed by atoms with van der Waals surface area (Å²) in [6, 6.07) is 1.74. The first-order valence-electron chi connectivity index (χ1n) is 6.91. The monoisotopic (exact) mass is 291 g/mol. The molecule has 21 heavy (non-hydrogen) atoms. The molecule has 0 unspecified atom stereocenters. The molecule has 0 radical (unpaired) electrons. The Morgan fingerprint density at radius 2 is 2.05 bits per heavy atom. The minimum Gasteiger partial charge on any atom is -0.465 e. The Labute approximate surface area is 122 Å². The molecule has 0 spiro atoms. The van der Waals surface area contributed by atoms with Gasteiger partial charge in [0, 0.05) is 12.1 Å². The highest BCUT2D eigenvalue weighted by atomic mass is 16.5. The van der Waals surface area contributed by atoms with Crippen LogP contribution >= 0.6 is 0 Å². The Kier molecular flexibility index (Phi) is 3.92. The van der Waals surface area contributed by atoms with E-state index in [0.717, 1.165) is 25.9 Å². The third-order valence-corrected chi connectivity index (χ3v) is 3.66. The van der Waals surface area contributed by atoms with Crippen molar-refractivity contribution in [3.63, 3.8) is 0 Å². The van der Waals surface area contributed by atoms with Crippen LogP contribution in [0.25, 0.3) is 0 Å². The topological polar surface area (TPSA) is 83.9 Å². The Hall–Kier alpha value is -2.28. The number of nitrogens with zero attached hydrogens (tertiary/aromatic N) is 2. The zero-order valence-corrected chi connectivity index (χ0v) is 11.5. The lowest BCUT2D eigenvalue weighted by Gasteiger charge is -2.32. The van der Waals surface area contributed by atoms with Crippen molar-refractivity contribution in [1.82, 2.24) is 15.2 Å². The van der Waals surface area contributed by atoms with Gasteiger partial charge in [0.1, 0.15) is 12.5 Å². The number of nitrogens with one attached hydrogen (secondary N) is 1. The zero-order chi connectivity index (χ0) is 14.7. The molecular formula is C14H17N3O4. The molecule has 2 aliphatic rings. The molecular weight excluding hydrogens is 274 g/mol. The van der Waals surface area contributed by atoms with Crippen LogP contribution in [-0.2, 0) is 6.54 Å². The van der Waals surface area contributed by atoms with Crippen LogP contribution in [0.5, 0.6) is 11.5 Å². The second-order valence-corrected chi connectivity index (χ2v) is 5.02. The summed E-state index contributed by atoms with van der Waals surface area (Å²) >= 11 is 0. The molecule has 1 saturated heterocycles. The fourth-order valence-corrected chi connectivity index (χ4v) is 2.58. The summed E-state index contributed by atoms with van der Waals surface area (Å²) in [6.45, 7) is 1.93. The number of hydrogen-bond donors (Lipinski definition) is 2. The van der Waals surface area contributed by atoms with Crippen LogP contribution in [0, 0.1) is 0 Å². The van der Waals surface area contributed by atoms with E-state index in [1.165, 1.54) is 17.4 Å². The van der Waals surface area contributed by atoms with E-state index in [1.54, 1.807) is 12.3 Å². The minimum atomic E-state index is -0.918. The van der Waals surface area contributed by atoms with Gasteiger partial charge in [0.2, 0.25) is 0 Å². The van der Waals surface area contributed by atoms with Crippen LogP contribution in [0.3, 0.4) is 0 Å². The summed E-state index contributed by atoms with van der Waals surface area (Å²) in [4.78, 5) is 17.2. The lowest BCUT2D eigenvalue weighted by molar-refractivity contribution is 0.108. The molecule has 1 fully saturated rings. The van der Waals surface area contributed by atoms with Crippen LogP contribution in [0.15, 0.2) is 24.8 Å². The average Bonchev–Trinajstić information content (AvgIpc) is 2.53. The van der Waals surface area contributed by atoms with E-state index < -0.39 is 6.09 Å². The van der Waals surface area contributed by atoms with Crippen molar-refractivity contribution >= 4 is 6.09 Å². The van der Waals surface area contributed by atoms with Crippen molar-refractivity contribution in [1.29, 1.82) is 0 Å². The fourth-order valence-electron chi connectivity index (χ4n) is 2.58. The number of carboxylic acid groups (broad SMARTS) is 1. The molecule has 3 heterocycles. The van der Waals surface area contributed by atoms with Gasteiger partial charge < -0.3 is 19.9 Å². The minimum absolute atomic E-state index is 0.0265. The molecule has 0 bridgehead atoms. The largest absolute Gasteiger partial charge is 0.465 e. The number of pyridine rings is 1. The number of fused-ring (bicyclic) bond motifs is 1. The first-order valence-corrected chi connectivity index (χ1v) is 6.91. The van der Waals surface area contributed by atoms with Crippen LogP contribution in [-0.4, -0.2) is 40.2 Å². The van der Waals surface area contributed by atoms with Crippen LogP contribution in [0.1, 0.15) is 18.5 Å². The van der Waals surface area contributed by atoms with Gasteiger partial charge in [0.25, 0.3) is 0 Å². The van der Waals surface area contributed by atoms with Crippen molar-refractivity contribution in [2.24, 2.45) is 0 Å². The van der Waals surface area contributed by atoms with Gasteiger partial charge in [-0.15, -0.1) is 0 Å². The van der Waals surface area contributed by atoms with E-state index in [0.29, 0.717) is 17.2 Å². The Bertz CT molecular complexity index is 555. The summed E-state index contributed by atoms with van der Waals surface area (Å²) in [5.74, 6) is 1.09. The summed E-state index contributed by atoms with van der Waals surface area (Å²) < 4.78 is 10.6. The first kappa shape index (κ1) is 13.7. The number of aromatic nitrogens is 1. The smallest absolute Gasteiger partial charge is 0.407 e. The Balaban J connectivity index is 1.75. The van der Waals surface area contributed by atoms with Crippen LogP contribution < -0.4 is 14.8 Å². The SMILES string of the molecule is O=C(O)N(Cc1cc2c(cn1)OC=CO2)C1CCNCC1. The third kappa shape index (κ3) is 3.08. The molecule has 112 valence electrons. The summed E-state index contributed by atoms with van der Waals surface area (Å²) in [5, 5.41) is 12.7. The van der Waals surface area contributed by atoms with Gasteiger partial charge in [-0.2, -0.15) is 0 Å². The standard InChI is InChI=1S/C14H17N3O4/c18-14(19)17(11-1-3-15-4-2-11)9-10-7-12-13(8-16-10)21-6-5-20-12/h5-8,11,15H,1-4,9H2,(H,18,19). The van der Waals surface area contributed by atoms with Crippen LogP contribution in [0.2, 0.25) is 0 Å². The number of hydrogen-bond acceptors (Lipinski definition) is 5. The van der Waals surface area contributed by atoms with Gasteiger partial charge in [-0.05, 0) is 25.9 Å². The summed E-state index contributed by atoms with van der Waals surface area (Å²) in [7, 11) is 0. The van der Waals surface area contributed by atoms with Gasteiger partial charge in [-0.1, -0.05) is 0 Å². The van der Waals surface area contributed by atoms with Crippen LogP contribution in [0.4, 0.5) is 4.79 Å². The lowest BCUT2D eigenvalue weighted by Crippen LogP contribution is -2.45. The molecule has 2 N–H and O–H groups in total. The Morgan fingerprint density at radius 1 is 1.33 bits per heavy atom. The second kappa shape index (κ2) is 6.01. The highest BCUT2D eigenvalue weighted by Gasteiger charge is 2.26. The van der Waals surface area contributed by atoms with Crippen molar-refractivity contribution in [3.05, 3.63) is 30.5 Å². The molecule has 0 aromatic carbocycles. The predicted octanol–water partition coefficient (Wildman–Crippen LogP) is 1.56. The molecule has 7 nitrogen and oxygen atoms in total. The van der Waals surface area contributed by atoms with E-state index in [-0.39, 0.29) is 12.6 Å². The zero-order valence-electron chi connectivity index (χ0n) is 11.5. The number of piperidine rings is 1. The maximum absolute atomic E-state index is 11.5. The first-order chi connectivity index (χ1) is 10.2. The van der Waals surface area contributed by atoms with E-state index in [4.69, 9.17) is 9.47 Å². The summed E-state index contributed by atoms with van der Waals surface area (Å²) in [6.07, 6.45) is 5.14. The molecule has 0 saturated carbocycles. The summed E-state index contributed by atoms with van der Waals surface area (Å²) in [5.41, 5.74) is 0.647. The average molecular weight is 291 g/mol. The molecule has 7 heteroatoms. The van der Waals surface area contributed by atoms with Gasteiger partial charge >= 0.3 is 6.09 Å². The second-order valence-electron chi connectivity index (χ2n) is 5.02. The van der Waals surface area contributed by atoms with Crippen molar-refractivity contribution in [2.45, 2.75) is 25.4 Å². The van der Waals surface area contributed by atoms with E-state index >= 15 is 0 Å². The molecule has 1 aromatic heterocycles. The van der Waals surface area contributed by atoms with E-state index in [2.05, 4.69) is 10.3 Å². The van der Waals surface area contributed by atoms with Gasteiger partial charge in [-0.25, -0.2) is 4.79 Å². The fraction of sp³-hybridized carbons (Fsp3) is 0.429. The molecule has 0 atom stereocenters. The molecule has 1 aromatic rings. The van der Waals surface area contributed by atoms with Crippen molar-refractivity contribution in [3.8, 4) is 11.5 Å². The molecule has 0 aliphatic carbocycles. The van der Waals surface area contributed by atoms with Crippen molar-refractivity contribution in [2.75, 3.05) is 13.1 Å². The molecule has 3 rings (SSSR count). The number of amides is 1. The predicted molar refractivity (Wildman–Crippen MR) is 74.1 cm³/mol. The number of carbonyl (C=O) groups is 1. The number of rotatable bonds is 3. The van der Waals surface area contributed by atoms with E-state index in [9.17, 15) is 9.90 Å². The highest BCUT2D eigenvalue weighted by Crippen LogP contribution is 2.30. The maximum Gasteiger partial charge on any atom is 0.407 e.